The second kappa shape index (κ2) is 12.7. The van der Waals surface area contributed by atoms with Crippen LogP contribution in [0.4, 0.5) is 0 Å². The highest BCUT2D eigenvalue weighted by Crippen LogP contribution is 2.17. The third kappa shape index (κ3) is 7.71. The maximum Gasteiger partial charge on any atom is 0.328 e. The Morgan fingerprint density at radius 1 is 1.18 bits per heavy atom. The van der Waals surface area contributed by atoms with Crippen molar-refractivity contribution in [3.8, 4) is 0 Å². The molecule has 0 aliphatic rings. The lowest BCUT2D eigenvalue weighted by Crippen LogP contribution is -2.52. The van der Waals surface area contributed by atoms with Crippen molar-refractivity contribution in [3.05, 3.63) is 23.9 Å². The molecule has 0 saturated heterocycles. The minimum absolute atomic E-state index is 0.174. The highest BCUT2D eigenvalue weighted by molar-refractivity contribution is 7.98. The van der Waals surface area contributed by atoms with Crippen LogP contribution in [0.25, 0.3) is 0 Å². The molecule has 1 heterocycles. The molecule has 0 saturated carbocycles. The molecular weight excluding hydrogens is 398 g/mol. The summed E-state index contributed by atoms with van der Waals surface area (Å²) in [6.45, 7) is 3.94. The molecular formula is C19H29N3O4S2. The molecule has 0 bridgehead atoms. The third-order valence-electron chi connectivity index (χ3n) is 3.95. The second-order valence-electron chi connectivity index (χ2n) is 6.58. The monoisotopic (exact) mass is 427 g/mol. The number of thioether (sulfide) groups is 2. The molecule has 9 heteroatoms. The Morgan fingerprint density at radius 2 is 1.89 bits per heavy atom. The minimum Gasteiger partial charge on any atom is -0.467 e. The van der Waals surface area contributed by atoms with E-state index in [1.54, 1.807) is 30.1 Å². The van der Waals surface area contributed by atoms with Gasteiger partial charge in [0.2, 0.25) is 5.91 Å². The van der Waals surface area contributed by atoms with Gasteiger partial charge in [0.05, 0.1) is 12.7 Å². The topological polar surface area (TPSA) is 97.4 Å². The number of amides is 2. The fraction of sp³-hybridized carbons (Fsp3) is 0.579. The van der Waals surface area contributed by atoms with Crippen molar-refractivity contribution in [2.45, 2.75) is 43.8 Å². The molecule has 156 valence electrons. The van der Waals surface area contributed by atoms with Crippen LogP contribution in [0.15, 0.2) is 23.4 Å². The number of hydrogen-bond donors (Lipinski definition) is 2. The third-order valence-corrected chi connectivity index (χ3v) is 5.31. The SMILES string of the molecule is COC(=O)C(CCSC)NC(=O)C(CC(C)C)NC(=O)c1cccnc1SC. The molecule has 2 unspecified atom stereocenters. The number of nitrogens with one attached hydrogen (secondary N) is 2. The van der Waals surface area contributed by atoms with Gasteiger partial charge >= 0.3 is 5.97 Å². The minimum atomic E-state index is -0.760. The number of ether oxygens (including phenoxy) is 1. The Kier molecular flexibility index (Phi) is 11.0. The molecule has 0 spiro atoms. The van der Waals surface area contributed by atoms with Gasteiger partial charge in [-0.25, -0.2) is 9.78 Å². The lowest BCUT2D eigenvalue weighted by atomic mass is 10.0. The summed E-state index contributed by atoms with van der Waals surface area (Å²) in [4.78, 5) is 41.7. The van der Waals surface area contributed by atoms with E-state index in [9.17, 15) is 14.4 Å². The van der Waals surface area contributed by atoms with E-state index in [4.69, 9.17) is 4.74 Å². The Bertz CT molecular complexity index is 670. The number of esters is 1. The first-order valence-corrected chi connectivity index (χ1v) is 11.6. The Hall–Kier alpha value is -1.74. The van der Waals surface area contributed by atoms with Gasteiger partial charge in [0.25, 0.3) is 5.91 Å². The molecule has 0 fully saturated rings. The number of pyridine rings is 1. The van der Waals surface area contributed by atoms with Crippen LogP contribution < -0.4 is 10.6 Å². The smallest absolute Gasteiger partial charge is 0.328 e. The zero-order chi connectivity index (χ0) is 21.1. The number of aromatic nitrogens is 1. The predicted octanol–water partition coefficient (Wildman–Crippen LogP) is 2.36. The van der Waals surface area contributed by atoms with E-state index in [0.29, 0.717) is 29.2 Å². The average Bonchev–Trinajstić information content (AvgIpc) is 2.69. The first-order chi connectivity index (χ1) is 13.3. The van der Waals surface area contributed by atoms with E-state index < -0.39 is 24.0 Å². The molecule has 0 aliphatic carbocycles. The van der Waals surface area contributed by atoms with E-state index in [1.807, 2.05) is 26.4 Å². The maximum absolute atomic E-state index is 12.8. The van der Waals surface area contributed by atoms with Crippen molar-refractivity contribution in [2.24, 2.45) is 5.92 Å². The molecule has 1 rings (SSSR count). The molecule has 2 atom stereocenters. The lowest BCUT2D eigenvalue weighted by molar-refractivity contribution is -0.145. The summed E-state index contributed by atoms with van der Waals surface area (Å²) < 4.78 is 4.79. The van der Waals surface area contributed by atoms with Crippen molar-refractivity contribution >= 4 is 41.3 Å². The summed E-state index contributed by atoms with van der Waals surface area (Å²) in [5, 5.41) is 6.12. The fourth-order valence-electron chi connectivity index (χ4n) is 2.56. The Morgan fingerprint density at radius 3 is 2.46 bits per heavy atom. The average molecular weight is 428 g/mol. The van der Waals surface area contributed by atoms with Gasteiger partial charge in [-0.15, -0.1) is 11.8 Å². The van der Waals surface area contributed by atoms with Crippen LogP contribution in [0.1, 0.15) is 37.0 Å². The van der Waals surface area contributed by atoms with Crippen LogP contribution in [0.2, 0.25) is 0 Å². The van der Waals surface area contributed by atoms with Crippen molar-refractivity contribution in [1.29, 1.82) is 0 Å². The molecule has 2 N–H and O–H groups in total. The number of hydrogen-bond acceptors (Lipinski definition) is 7. The molecule has 0 aliphatic heterocycles. The molecule has 2 amide bonds. The summed E-state index contributed by atoms with van der Waals surface area (Å²) in [5.74, 6) is -0.375. The summed E-state index contributed by atoms with van der Waals surface area (Å²) in [7, 11) is 1.29. The summed E-state index contributed by atoms with van der Waals surface area (Å²) in [5.41, 5.74) is 0.420. The van der Waals surface area contributed by atoms with E-state index in [0.717, 1.165) is 0 Å². The highest BCUT2D eigenvalue weighted by atomic mass is 32.2. The molecule has 0 radical (unpaired) electrons. The number of nitrogens with zero attached hydrogens (tertiary/aromatic N) is 1. The van der Waals surface area contributed by atoms with E-state index in [-0.39, 0.29) is 11.8 Å². The van der Waals surface area contributed by atoms with Crippen LogP contribution in [0.3, 0.4) is 0 Å². The van der Waals surface area contributed by atoms with Gasteiger partial charge < -0.3 is 15.4 Å². The molecule has 7 nitrogen and oxygen atoms in total. The van der Waals surface area contributed by atoms with Gasteiger partial charge in [0, 0.05) is 6.20 Å². The van der Waals surface area contributed by atoms with Gasteiger partial charge in [0.15, 0.2) is 0 Å². The fourth-order valence-corrected chi connectivity index (χ4v) is 3.58. The highest BCUT2D eigenvalue weighted by Gasteiger charge is 2.28. The van der Waals surface area contributed by atoms with Crippen molar-refractivity contribution < 1.29 is 19.1 Å². The first-order valence-electron chi connectivity index (χ1n) is 9.01. The summed E-state index contributed by atoms with van der Waals surface area (Å²) in [6, 6.07) is 1.86. The van der Waals surface area contributed by atoms with Crippen LogP contribution >= 0.6 is 23.5 Å². The van der Waals surface area contributed by atoms with Crippen molar-refractivity contribution in [3.63, 3.8) is 0 Å². The standard InChI is InChI=1S/C19H29N3O4S2/c1-12(2)11-15(17(24)21-14(8-10-27-4)19(25)26-3)22-16(23)13-7-6-9-20-18(13)28-5/h6-7,9,12,14-15H,8,10-11H2,1-5H3,(H,21,24)(H,22,23). The van der Waals surface area contributed by atoms with Gasteiger partial charge in [-0.05, 0) is 49.2 Å². The number of methoxy groups -OCH3 is 1. The number of carbonyl (C=O) groups is 3. The molecule has 28 heavy (non-hydrogen) atoms. The van der Waals surface area contributed by atoms with E-state index in [1.165, 1.54) is 18.9 Å². The van der Waals surface area contributed by atoms with Gasteiger partial charge in [-0.2, -0.15) is 11.8 Å². The van der Waals surface area contributed by atoms with Gasteiger partial charge in [-0.1, -0.05) is 13.8 Å². The van der Waals surface area contributed by atoms with Crippen molar-refractivity contribution in [2.75, 3.05) is 25.4 Å². The van der Waals surface area contributed by atoms with Crippen LogP contribution in [0.5, 0.6) is 0 Å². The lowest BCUT2D eigenvalue weighted by Gasteiger charge is -2.23. The quantitative estimate of drug-likeness (QED) is 0.413. The molecule has 1 aromatic rings. The molecule has 1 aromatic heterocycles. The Balaban J connectivity index is 2.94. The van der Waals surface area contributed by atoms with Crippen molar-refractivity contribution in [1.82, 2.24) is 15.6 Å². The second-order valence-corrected chi connectivity index (χ2v) is 8.36. The number of rotatable bonds is 11. The predicted molar refractivity (Wildman–Crippen MR) is 114 cm³/mol. The first kappa shape index (κ1) is 24.3. The zero-order valence-electron chi connectivity index (χ0n) is 17.0. The Labute approximate surface area is 175 Å². The summed E-state index contributed by atoms with van der Waals surface area (Å²) in [6.07, 6.45) is 6.29. The van der Waals surface area contributed by atoms with Crippen LogP contribution in [0, 0.1) is 5.92 Å². The number of carbonyl (C=O) groups excluding carboxylic acids is 3. The van der Waals surface area contributed by atoms with Crippen LogP contribution in [-0.4, -0.2) is 60.2 Å². The largest absolute Gasteiger partial charge is 0.467 e. The van der Waals surface area contributed by atoms with Gasteiger partial charge in [0.1, 0.15) is 17.1 Å². The summed E-state index contributed by atoms with van der Waals surface area (Å²) >= 11 is 2.94. The van der Waals surface area contributed by atoms with E-state index in [2.05, 4.69) is 15.6 Å². The van der Waals surface area contributed by atoms with Crippen LogP contribution in [-0.2, 0) is 14.3 Å². The maximum atomic E-state index is 12.8. The normalized spacial score (nSPS) is 12.9. The van der Waals surface area contributed by atoms with E-state index >= 15 is 0 Å². The molecule has 0 aromatic carbocycles. The van der Waals surface area contributed by atoms with Gasteiger partial charge in [-0.3, -0.25) is 9.59 Å². The zero-order valence-corrected chi connectivity index (χ0v) is 18.6.